The van der Waals surface area contributed by atoms with Crippen molar-refractivity contribution in [3.8, 4) is 11.1 Å². The van der Waals surface area contributed by atoms with E-state index in [1.165, 1.54) is 16.7 Å². The minimum atomic E-state index is -0.0820. The number of benzene rings is 1. The van der Waals surface area contributed by atoms with E-state index in [1.54, 1.807) is 10.9 Å². The van der Waals surface area contributed by atoms with E-state index in [1.807, 2.05) is 30.3 Å². The number of nitrogens with zero attached hydrogens (tertiary/aromatic N) is 5. The molecule has 3 aromatic heterocycles. The first kappa shape index (κ1) is 18.7. The van der Waals surface area contributed by atoms with Gasteiger partial charge < -0.3 is 10.2 Å². The summed E-state index contributed by atoms with van der Waals surface area (Å²) in [4.78, 5) is 23.3. The number of carbonyl (C=O) groups is 1. The second-order valence-corrected chi connectivity index (χ2v) is 8.33. The average Bonchev–Trinajstić information content (AvgIpc) is 3.46. The highest BCUT2D eigenvalue weighted by molar-refractivity contribution is 7.07. The molecule has 1 N–H and O–H groups in total. The van der Waals surface area contributed by atoms with E-state index in [2.05, 4.69) is 49.5 Å². The number of thiazole rings is 1. The second-order valence-electron chi connectivity index (χ2n) is 7.62. The number of hydrogen-bond donors (Lipinski definition) is 1. The average molecular weight is 419 g/mol. The second kappa shape index (κ2) is 7.87. The van der Waals surface area contributed by atoms with Crippen LogP contribution in [-0.2, 0) is 7.05 Å². The standard InChI is InChI=1S/C22H22N6OS/c1-27-12-18(11-25-27)15-2-3-16-10-23-21(9-17(16)8-15)28-6-4-19(5-7-28)26-22(29)20-13-30-14-24-20/h2-3,8-14,19H,4-7H2,1H3,(H,26,29). The lowest BCUT2D eigenvalue weighted by atomic mass is 10.0. The van der Waals surface area contributed by atoms with Crippen LogP contribution in [0.2, 0.25) is 0 Å². The SMILES string of the molecule is Cn1cc(-c2ccc3cnc(N4CCC(NC(=O)c5cscn5)CC4)cc3c2)cn1. The monoisotopic (exact) mass is 418 g/mol. The molecule has 1 amide bonds. The van der Waals surface area contributed by atoms with Crippen LogP contribution < -0.4 is 10.2 Å². The van der Waals surface area contributed by atoms with Gasteiger partial charge in [-0.05, 0) is 35.9 Å². The van der Waals surface area contributed by atoms with Crippen LogP contribution >= 0.6 is 11.3 Å². The normalized spacial score (nSPS) is 14.9. The molecule has 0 saturated carbocycles. The van der Waals surface area contributed by atoms with Crippen molar-refractivity contribution in [2.45, 2.75) is 18.9 Å². The predicted molar refractivity (Wildman–Crippen MR) is 119 cm³/mol. The van der Waals surface area contributed by atoms with Gasteiger partial charge in [-0.3, -0.25) is 9.48 Å². The Morgan fingerprint density at radius 1 is 1.10 bits per heavy atom. The zero-order valence-electron chi connectivity index (χ0n) is 16.7. The number of fused-ring (bicyclic) bond motifs is 1. The molecule has 1 aliphatic rings. The molecule has 0 spiro atoms. The molecule has 4 aromatic rings. The van der Waals surface area contributed by atoms with Gasteiger partial charge in [-0.25, -0.2) is 9.97 Å². The lowest BCUT2D eigenvalue weighted by molar-refractivity contribution is 0.0926. The number of carbonyl (C=O) groups excluding carboxylic acids is 1. The number of hydrogen-bond acceptors (Lipinski definition) is 6. The molecule has 0 radical (unpaired) electrons. The van der Waals surface area contributed by atoms with E-state index in [0.29, 0.717) is 5.69 Å². The first-order valence-electron chi connectivity index (χ1n) is 9.98. The van der Waals surface area contributed by atoms with Gasteiger partial charge in [0.1, 0.15) is 11.5 Å². The van der Waals surface area contributed by atoms with Gasteiger partial charge >= 0.3 is 0 Å². The molecule has 1 saturated heterocycles. The number of pyridine rings is 1. The first-order chi connectivity index (χ1) is 14.7. The van der Waals surface area contributed by atoms with Gasteiger partial charge in [0.05, 0.1) is 11.7 Å². The van der Waals surface area contributed by atoms with Crippen molar-refractivity contribution in [3.63, 3.8) is 0 Å². The van der Waals surface area contributed by atoms with Crippen molar-refractivity contribution in [2.75, 3.05) is 18.0 Å². The predicted octanol–water partition coefficient (Wildman–Crippen LogP) is 3.49. The van der Waals surface area contributed by atoms with Crippen LogP contribution in [0.1, 0.15) is 23.3 Å². The highest BCUT2D eigenvalue weighted by Crippen LogP contribution is 2.27. The van der Waals surface area contributed by atoms with Crippen molar-refractivity contribution in [1.82, 2.24) is 25.1 Å². The van der Waals surface area contributed by atoms with Gasteiger partial charge in [-0.1, -0.05) is 12.1 Å². The summed E-state index contributed by atoms with van der Waals surface area (Å²) in [5.41, 5.74) is 4.44. The van der Waals surface area contributed by atoms with Crippen molar-refractivity contribution in [2.24, 2.45) is 7.05 Å². The minimum absolute atomic E-state index is 0.0820. The highest BCUT2D eigenvalue weighted by atomic mass is 32.1. The Balaban J connectivity index is 1.29. The maximum absolute atomic E-state index is 12.2. The molecule has 1 fully saturated rings. The number of anilines is 1. The van der Waals surface area contributed by atoms with Gasteiger partial charge in [0.15, 0.2) is 0 Å². The zero-order chi connectivity index (χ0) is 20.5. The molecule has 152 valence electrons. The molecule has 5 rings (SSSR count). The fourth-order valence-electron chi connectivity index (χ4n) is 3.89. The fourth-order valence-corrected chi connectivity index (χ4v) is 4.42. The molecule has 0 atom stereocenters. The van der Waals surface area contributed by atoms with E-state index in [4.69, 9.17) is 0 Å². The Labute approximate surface area is 178 Å². The van der Waals surface area contributed by atoms with Crippen molar-refractivity contribution in [1.29, 1.82) is 0 Å². The van der Waals surface area contributed by atoms with Crippen LogP contribution in [0.15, 0.2) is 53.7 Å². The van der Waals surface area contributed by atoms with Crippen molar-refractivity contribution >= 4 is 33.8 Å². The lowest BCUT2D eigenvalue weighted by Crippen LogP contribution is -2.45. The number of amides is 1. The smallest absolute Gasteiger partial charge is 0.270 e. The largest absolute Gasteiger partial charge is 0.356 e. The molecule has 1 aromatic carbocycles. The molecule has 0 bridgehead atoms. The number of aromatic nitrogens is 4. The maximum atomic E-state index is 12.2. The topological polar surface area (TPSA) is 75.9 Å². The molecular weight excluding hydrogens is 396 g/mol. The summed E-state index contributed by atoms with van der Waals surface area (Å²) in [6.45, 7) is 1.73. The number of aryl methyl sites for hydroxylation is 1. The summed E-state index contributed by atoms with van der Waals surface area (Å²) in [5.74, 6) is 0.900. The zero-order valence-corrected chi connectivity index (χ0v) is 17.5. The summed E-state index contributed by atoms with van der Waals surface area (Å²) >= 11 is 1.44. The van der Waals surface area contributed by atoms with Crippen LogP contribution in [0.4, 0.5) is 5.82 Å². The first-order valence-corrected chi connectivity index (χ1v) is 10.9. The van der Waals surface area contributed by atoms with E-state index >= 15 is 0 Å². The summed E-state index contributed by atoms with van der Waals surface area (Å²) in [6.07, 6.45) is 7.63. The Hall–Kier alpha value is -3.26. The van der Waals surface area contributed by atoms with Crippen LogP contribution in [0.5, 0.6) is 0 Å². The van der Waals surface area contributed by atoms with Crippen molar-refractivity contribution < 1.29 is 4.79 Å². The van der Waals surface area contributed by atoms with E-state index < -0.39 is 0 Å². The lowest BCUT2D eigenvalue weighted by Gasteiger charge is -2.33. The van der Waals surface area contributed by atoms with E-state index in [0.717, 1.165) is 48.3 Å². The highest BCUT2D eigenvalue weighted by Gasteiger charge is 2.22. The van der Waals surface area contributed by atoms with E-state index in [-0.39, 0.29) is 11.9 Å². The Bertz CT molecular complexity index is 1180. The molecule has 0 unspecified atom stereocenters. The Kier molecular flexibility index (Phi) is 4.92. The molecular formula is C22H22N6OS. The Morgan fingerprint density at radius 3 is 2.70 bits per heavy atom. The van der Waals surface area contributed by atoms with Crippen molar-refractivity contribution in [3.05, 3.63) is 59.4 Å². The summed E-state index contributed by atoms with van der Waals surface area (Å²) in [6, 6.07) is 8.74. The molecule has 7 nitrogen and oxygen atoms in total. The number of piperidine rings is 1. The van der Waals surface area contributed by atoms with Gasteiger partial charge in [0.25, 0.3) is 5.91 Å². The molecule has 1 aliphatic heterocycles. The van der Waals surface area contributed by atoms with Gasteiger partial charge in [0.2, 0.25) is 0 Å². The van der Waals surface area contributed by atoms with Gasteiger partial charge in [0, 0.05) is 54.9 Å². The number of rotatable bonds is 4. The molecule has 4 heterocycles. The van der Waals surface area contributed by atoms with Crippen LogP contribution in [0.3, 0.4) is 0 Å². The van der Waals surface area contributed by atoms with Crippen LogP contribution in [-0.4, -0.2) is 44.8 Å². The molecule has 0 aliphatic carbocycles. The fraction of sp³-hybridized carbons (Fsp3) is 0.273. The summed E-state index contributed by atoms with van der Waals surface area (Å²) in [5, 5.41) is 11.4. The third kappa shape index (κ3) is 3.78. The minimum Gasteiger partial charge on any atom is -0.356 e. The van der Waals surface area contributed by atoms with E-state index in [9.17, 15) is 4.79 Å². The van der Waals surface area contributed by atoms with Crippen LogP contribution in [0, 0.1) is 0 Å². The van der Waals surface area contributed by atoms with Gasteiger partial charge in [-0.2, -0.15) is 5.10 Å². The molecule has 8 heteroatoms. The quantitative estimate of drug-likeness (QED) is 0.549. The van der Waals surface area contributed by atoms with Gasteiger partial charge in [-0.15, -0.1) is 11.3 Å². The van der Waals surface area contributed by atoms with Crippen LogP contribution in [0.25, 0.3) is 21.9 Å². The summed E-state index contributed by atoms with van der Waals surface area (Å²) < 4.78 is 1.81. The number of nitrogens with one attached hydrogen (secondary N) is 1. The Morgan fingerprint density at radius 2 is 1.97 bits per heavy atom. The molecule has 30 heavy (non-hydrogen) atoms. The maximum Gasteiger partial charge on any atom is 0.270 e. The third-order valence-electron chi connectivity index (χ3n) is 5.56. The third-order valence-corrected chi connectivity index (χ3v) is 6.15. The summed E-state index contributed by atoms with van der Waals surface area (Å²) in [7, 11) is 1.93.